The number of nitrogens with one attached hydrogen (secondary N) is 1. The average molecular weight is 430 g/mol. The van der Waals surface area contributed by atoms with Crippen LogP contribution in [0.3, 0.4) is 0 Å². The second-order valence-corrected chi connectivity index (χ2v) is 7.98. The first kappa shape index (κ1) is 21.6. The standard InChI is InChI=1S/C26H27N3O3/c1-29(2)16-17-10-12-19(13-11-17)27-25(18-8-6-5-7-9-18)24-20-14-22(31-3)23(32-4)15-21(20)28-26(24)30/h5-15,24H,16H2,1-4H3,(H,28,30). The Labute approximate surface area is 188 Å². The van der Waals surface area contributed by atoms with Gasteiger partial charge >= 0.3 is 0 Å². The molecular formula is C26H27N3O3. The predicted octanol–water partition coefficient (Wildman–Crippen LogP) is 4.62. The van der Waals surface area contributed by atoms with Crippen LogP contribution in [0.4, 0.5) is 11.4 Å². The number of benzene rings is 3. The molecule has 3 aromatic carbocycles. The van der Waals surface area contributed by atoms with E-state index in [-0.39, 0.29) is 5.91 Å². The molecule has 4 rings (SSSR count). The van der Waals surface area contributed by atoms with Gasteiger partial charge in [-0.3, -0.25) is 9.79 Å². The van der Waals surface area contributed by atoms with Gasteiger partial charge in [-0.1, -0.05) is 42.5 Å². The lowest BCUT2D eigenvalue weighted by atomic mass is 9.90. The second-order valence-electron chi connectivity index (χ2n) is 7.98. The molecule has 1 atom stereocenters. The van der Waals surface area contributed by atoms with Crippen molar-refractivity contribution < 1.29 is 14.3 Å². The molecule has 1 aliphatic rings. The molecular weight excluding hydrogens is 402 g/mol. The third kappa shape index (κ3) is 4.36. The summed E-state index contributed by atoms with van der Waals surface area (Å²) in [6.45, 7) is 0.857. The maximum Gasteiger partial charge on any atom is 0.238 e. The topological polar surface area (TPSA) is 63.2 Å². The number of anilines is 1. The minimum absolute atomic E-state index is 0.123. The summed E-state index contributed by atoms with van der Waals surface area (Å²) in [5.74, 6) is 0.464. The average Bonchev–Trinajstić information content (AvgIpc) is 3.12. The molecule has 1 aliphatic heterocycles. The van der Waals surface area contributed by atoms with Crippen LogP contribution in [-0.2, 0) is 11.3 Å². The number of carbonyl (C=O) groups excluding carboxylic acids is 1. The Kier molecular flexibility index (Phi) is 6.23. The predicted molar refractivity (Wildman–Crippen MR) is 127 cm³/mol. The molecule has 0 aromatic heterocycles. The van der Waals surface area contributed by atoms with E-state index in [1.165, 1.54) is 5.56 Å². The van der Waals surface area contributed by atoms with Gasteiger partial charge in [-0.15, -0.1) is 0 Å². The molecule has 164 valence electrons. The molecule has 0 radical (unpaired) electrons. The fourth-order valence-electron chi connectivity index (χ4n) is 3.94. The molecule has 1 unspecified atom stereocenters. The van der Waals surface area contributed by atoms with Gasteiger partial charge < -0.3 is 19.7 Å². The largest absolute Gasteiger partial charge is 0.493 e. The highest BCUT2D eigenvalue weighted by atomic mass is 16.5. The van der Waals surface area contributed by atoms with Gasteiger partial charge in [0.2, 0.25) is 5.91 Å². The van der Waals surface area contributed by atoms with E-state index in [0.717, 1.165) is 23.4 Å². The number of carbonyl (C=O) groups is 1. The van der Waals surface area contributed by atoms with Crippen LogP contribution in [0.2, 0.25) is 0 Å². The van der Waals surface area contributed by atoms with Crippen molar-refractivity contribution in [1.29, 1.82) is 0 Å². The number of nitrogens with zero attached hydrogens (tertiary/aromatic N) is 2. The van der Waals surface area contributed by atoms with Crippen LogP contribution in [0.15, 0.2) is 71.7 Å². The summed E-state index contributed by atoms with van der Waals surface area (Å²) >= 11 is 0. The van der Waals surface area contributed by atoms with E-state index in [1.807, 2.05) is 62.6 Å². The zero-order chi connectivity index (χ0) is 22.7. The monoisotopic (exact) mass is 429 g/mol. The Morgan fingerprint density at radius 3 is 2.25 bits per heavy atom. The van der Waals surface area contributed by atoms with Crippen LogP contribution in [0.1, 0.15) is 22.6 Å². The van der Waals surface area contributed by atoms with Crippen molar-refractivity contribution in [3.63, 3.8) is 0 Å². The highest BCUT2D eigenvalue weighted by Crippen LogP contribution is 2.42. The zero-order valence-electron chi connectivity index (χ0n) is 18.8. The van der Waals surface area contributed by atoms with Gasteiger partial charge in [0.05, 0.1) is 25.6 Å². The van der Waals surface area contributed by atoms with Crippen LogP contribution in [0, 0.1) is 0 Å². The van der Waals surface area contributed by atoms with Crippen molar-refractivity contribution >= 4 is 23.0 Å². The molecule has 0 fully saturated rings. The number of ether oxygens (including phenoxy) is 2. The number of aliphatic imine (C=N–C) groups is 1. The van der Waals surface area contributed by atoms with Crippen LogP contribution in [-0.4, -0.2) is 44.8 Å². The smallest absolute Gasteiger partial charge is 0.238 e. The van der Waals surface area contributed by atoms with E-state index < -0.39 is 5.92 Å². The van der Waals surface area contributed by atoms with E-state index >= 15 is 0 Å². The van der Waals surface area contributed by atoms with Crippen molar-refractivity contribution in [2.75, 3.05) is 33.6 Å². The van der Waals surface area contributed by atoms with E-state index in [1.54, 1.807) is 20.3 Å². The first-order valence-electron chi connectivity index (χ1n) is 10.4. The maximum absolute atomic E-state index is 13.1. The number of rotatable bonds is 7. The third-order valence-electron chi connectivity index (χ3n) is 5.41. The number of amides is 1. The quantitative estimate of drug-likeness (QED) is 0.557. The Hall–Kier alpha value is -3.64. The number of methoxy groups -OCH3 is 2. The molecule has 0 bridgehead atoms. The molecule has 1 amide bonds. The highest BCUT2D eigenvalue weighted by Gasteiger charge is 2.36. The van der Waals surface area contributed by atoms with Crippen LogP contribution in [0.25, 0.3) is 0 Å². The number of hydrogen-bond acceptors (Lipinski definition) is 5. The Morgan fingerprint density at radius 1 is 0.969 bits per heavy atom. The van der Waals surface area contributed by atoms with Gasteiger partial charge in [-0.25, -0.2) is 0 Å². The first-order valence-corrected chi connectivity index (χ1v) is 10.4. The van der Waals surface area contributed by atoms with Gasteiger partial charge in [-0.2, -0.15) is 0 Å². The lowest BCUT2D eigenvalue weighted by Crippen LogP contribution is -2.22. The van der Waals surface area contributed by atoms with Crippen LogP contribution < -0.4 is 14.8 Å². The van der Waals surface area contributed by atoms with Crippen molar-refractivity contribution in [1.82, 2.24) is 4.90 Å². The summed E-state index contributed by atoms with van der Waals surface area (Å²) in [4.78, 5) is 20.2. The molecule has 6 heteroatoms. The maximum atomic E-state index is 13.1. The van der Waals surface area contributed by atoms with Gasteiger partial charge in [0.1, 0.15) is 5.92 Å². The van der Waals surface area contributed by atoms with Crippen molar-refractivity contribution in [2.24, 2.45) is 4.99 Å². The van der Waals surface area contributed by atoms with Gasteiger partial charge in [0, 0.05) is 18.3 Å². The summed E-state index contributed by atoms with van der Waals surface area (Å²) in [6.07, 6.45) is 0. The fraction of sp³-hybridized carbons (Fsp3) is 0.231. The Balaban J connectivity index is 1.81. The SMILES string of the molecule is COc1cc2c(cc1OC)C(C(=Nc1ccc(CN(C)C)cc1)c1ccccc1)C(=O)N2. The zero-order valence-corrected chi connectivity index (χ0v) is 18.8. The first-order chi connectivity index (χ1) is 15.5. The lowest BCUT2D eigenvalue weighted by molar-refractivity contribution is -0.115. The van der Waals surface area contributed by atoms with Crippen molar-refractivity contribution in [3.05, 3.63) is 83.4 Å². The number of hydrogen-bond donors (Lipinski definition) is 1. The van der Waals surface area contributed by atoms with Gasteiger partial charge in [0.15, 0.2) is 11.5 Å². The summed E-state index contributed by atoms with van der Waals surface area (Å²) in [5.41, 5.74) is 5.12. The minimum atomic E-state index is -0.561. The molecule has 0 saturated carbocycles. The summed E-state index contributed by atoms with van der Waals surface area (Å²) in [5, 5.41) is 2.98. The second kappa shape index (κ2) is 9.24. The molecule has 0 aliphatic carbocycles. The fourth-order valence-corrected chi connectivity index (χ4v) is 3.94. The Bertz CT molecular complexity index is 1140. The highest BCUT2D eigenvalue weighted by molar-refractivity contribution is 6.24. The van der Waals surface area contributed by atoms with Gasteiger partial charge in [-0.05, 0) is 49.0 Å². The summed E-state index contributed by atoms with van der Waals surface area (Å²) < 4.78 is 10.9. The van der Waals surface area contributed by atoms with Crippen LogP contribution >= 0.6 is 0 Å². The van der Waals surface area contributed by atoms with Crippen LogP contribution in [0.5, 0.6) is 11.5 Å². The molecule has 1 N–H and O–H groups in total. The van der Waals surface area contributed by atoms with Crippen molar-refractivity contribution in [2.45, 2.75) is 12.5 Å². The molecule has 0 saturated heterocycles. The summed E-state index contributed by atoms with van der Waals surface area (Å²) in [7, 11) is 7.25. The van der Waals surface area contributed by atoms with E-state index in [9.17, 15) is 4.79 Å². The molecule has 0 spiro atoms. The normalized spacial score (nSPS) is 15.5. The number of fused-ring (bicyclic) bond motifs is 1. The summed E-state index contributed by atoms with van der Waals surface area (Å²) in [6, 6.07) is 21.6. The molecule has 1 heterocycles. The van der Waals surface area contributed by atoms with E-state index in [2.05, 4.69) is 22.3 Å². The minimum Gasteiger partial charge on any atom is -0.493 e. The molecule has 6 nitrogen and oxygen atoms in total. The lowest BCUT2D eigenvalue weighted by Gasteiger charge is -2.16. The van der Waals surface area contributed by atoms with Gasteiger partial charge in [0.25, 0.3) is 0 Å². The van der Waals surface area contributed by atoms with E-state index in [4.69, 9.17) is 14.5 Å². The third-order valence-corrected chi connectivity index (χ3v) is 5.41. The molecule has 32 heavy (non-hydrogen) atoms. The van der Waals surface area contributed by atoms with E-state index in [0.29, 0.717) is 22.9 Å². The van der Waals surface area contributed by atoms with Crippen molar-refractivity contribution in [3.8, 4) is 11.5 Å². The molecule has 3 aromatic rings. The Morgan fingerprint density at radius 2 is 1.62 bits per heavy atom.